The second-order valence-electron chi connectivity index (χ2n) is 5.27. The Morgan fingerprint density at radius 1 is 1.24 bits per heavy atom. The van der Waals surface area contributed by atoms with Gasteiger partial charge in [0.25, 0.3) is 5.91 Å². The first-order valence-corrected chi connectivity index (χ1v) is 7.05. The lowest BCUT2D eigenvalue weighted by molar-refractivity contribution is 0.0868. The zero-order valence-electron chi connectivity index (χ0n) is 12.4. The van der Waals surface area contributed by atoms with Crippen molar-refractivity contribution < 1.29 is 19.4 Å². The van der Waals surface area contributed by atoms with Crippen molar-refractivity contribution in [2.45, 2.75) is 37.8 Å². The zero-order valence-corrected chi connectivity index (χ0v) is 12.4. The van der Waals surface area contributed by atoms with E-state index in [1.54, 1.807) is 12.1 Å². The summed E-state index contributed by atoms with van der Waals surface area (Å²) < 4.78 is 10.3. The predicted molar refractivity (Wildman–Crippen MR) is 79.7 cm³/mol. The summed E-state index contributed by atoms with van der Waals surface area (Å²) in [4.78, 5) is 12.4. The van der Waals surface area contributed by atoms with Crippen molar-refractivity contribution in [2.24, 2.45) is 0 Å². The molecule has 1 fully saturated rings. The number of amides is 1. The number of anilines is 1. The van der Waals surface area contributed by atoms with E-state index in [2.05, 4.69) is 5.32 Å². The van der Waals surface area contributed by atoms with Crippen LogP contribution in [0.15, 0.2) is 12.1 Å². The molecule has 1 aliphatic rings. The highest BCUT2D eigenvalue weighted by Crippen LogP contribution is 2.31. The first-order chi connectivity index (χ1) is 10.0. The molecule has 0 saturated heterocycles. The fraction of sp³-hybridized carbons (Fsp3) is 0.533. The summed E-state index contributed by atoms with van der Waals surface area (Å²) in [5.41, 5.74) is 6.61. The summed E-state index contributed by atoms with van der Waals surface area (Å²) in [5.74, 6) is 0.690. The summed E-state index contributed by atoms with van der Waals surface area (Å²) >= 11 is 0. The quantitative estimate of drug-likeness (QED) is 0.728. The number of carbonyl (C=O) groups is 1. The molecule has 116 valence electrons. The zero-order chi connectivity index (χ0) is 15.4. The monoisotopic (exact) mass is 294 g/mol. The standard InChI is InChI=1S/C15H22N2O4/c1-20-11-7-12(14(16)13(8-11)21-2)15(19)17-9-3-5-10(18)6-4-9/h7-10,18H,3-6,16H2,1-2H3,(H,17,19). The van der Waals surface area contributed by atoms with Crippen LogP contribution >= 0.6 is 0 Å². The average Bonchev–Trinajstić information content (AvgIpc) is 2.49. The van der Waals surface area contributed by atoms with Crippen molar-refractivity contribution in [3.05, 3.63) is 17.7 Å². The van der Waals surface area contributed by atoms with Crippen LogP contribution in [0.1, 0.15) is 36.0 Å². The topological polar surface area (TPSA) is 93.8 Å². The minimum absolute atomic E-state index is 0.0671. The van der Waals surface area contributed by atoms with Crippen molar-refractivity contribution in [1.29, 1.82) is 0 Å². The molecule has 0 aromatic heterocycles. The maximum absolute atomic E-state index is 12.4. The molecule has 2 rings (SSSR count). The average molecular weight is 294 g/mol. The van der Waals surface area contributed by atoms with Crippen molar-refractivity contribution in [2.75, 3.05) is 20.0 Å². The number of nitrogen functional groups attached to an aromatic ring is 1. The predicted octanol–water partition coefficient (Wildman–Crippen LogP) is 1.32. The van der Waals surface area contributed by atoms with E-state index in [-0.39, 0.29) is 18.1 Å². The van der Waals surface area contributed by atoms with Gasteiger partial charge in [0.1, 0.15) is 11.5 Å². The van der Waals surface area contributed by atoms with Crippen LogP contribution in [0.5, 0.6) is 11.5 Å². The third-order valence-electron chi connectivity index (χ3n) is 3.85. The van der Waals surface area contributed by atoms with E-state index in [0.29, 0.717) is 35.6 Å². The normalized spacial score (nSPS) is 21.7. The Hall–Kier alpha value is -1.95. The van der Waals surface area contributed by atoms with Gasteiger partial charge in [-0.2, -0.15) is 0 Å². The van der Waals surface area contributed by atoms with Gasteiger partial charge in [0.05, 0.1) is 31.6 Å². The summed E-state index contributed by atoms with van der Waals surface area (Å²) in [5, 5.41) is 12.5. The first-order valence-electron chi connectivity index (χ1n) is 7.05. The van der Waals surface area contributed by atoms with Crippen molar-refractivity contribution in [3.8, 4) is 11.5 Å². The minimum Gasteiger partial charge on any atom is -0.497 e. The largest absolute Gasteiger partial charge is 0.497 e. The second kappa shape index (κ2) is 6.67. The lowest BCUT2D eigenvalue weighted by Gasteiger charge is -2.26. The third kappa shape index (κ3) is 3.58. The molecular formula is C15H22N2O4. The molecule has 0 bridgehead atoms. The number of hydrogen-bond acceptors (Lipinski definition) is 5. The Bertz CT molecular complexity index is 511. The van der Waals surface area contributed by atoms with E-state index in [1.165, 1.54) is 14.2 Å². The van der Waals surface area contributed by atoms with Crippen LogP contribution in [0.3, 0.4) is 0 Å². The fourth-order valence-electron chi connectivity index (χ4n) is 2.56. The number of methoxy groups -OCH3 is 2. The number of aliphatic hydroxyl groups is 1. The van der Waals surface area contributed by atoms with Gasteiger partial charge >= 0.3 is 0 Å². The molecule has 6 heteroatoms. The second-order valence-corrected chi connectivity index (χ2v) is 5.27. The van der Waals surface area contributed by atoms with Crippen molar-refractivity contribution in [1.82, 2.24) is 5.32 Å². The maximum atomic E-state index is 12.4. The summed E-state index contributed by atoms with van der Waals surface area (Å²) in [6, 6.07) is 3.31. The van der Waals surface area contributed by atoms with Crippen LogP contribution < -0.4 is 20.5 Å². The summed E-state index contributed by atoms with van der Waals surface area (Å²) in [7, 11) is 3.02. The number of benzene rings is 1. The highest BCUT2D eigenvalue weighted by Gasteiger charge is 2.23. The SMILES string of the molecule is COc1cc(OC)c(N)c(C(=O)NC2CCC(O)CC2)c1. The third-order valence-corrected chi connectivity index (χ3v) is 3.85. The molecule has 4 N–H and O–H groups in total. The van der Waals surface area contributed by atoms with Crippen LogP contribution in [0, 0.1) is 0 Å². The number of rotatable bonds is 4. The molecule has 0 unspecified atom stereocenters. The lowest BCUT2D eigenvalue weighted by atomic mass is 9.93. The van der Waals surface area contributed by atoms with Gasteiger partial charge in [-0.1, -0.05) is 0 Å². The molecule has 1 amide bonds. The molecule has 1 aliphatic carbocycles. The Kier molecular flexibility index (Phi) is 4.90. The summed E-state index contributed by atoms with van der Waals surface area (Å²) in [6.07, 6.45) is 2.71. The Balaban J connectivity index is 2.14. The van der Waals surface area contributed by atoms with E-state index in [9.17, 15) is 9.90 Å². The fourth-order valence-corrected chi connectivity index (χ4v) is 2.56. The molecule has 0 aliphatic heterocycles. The molecule has 0 spiro atoms. The molecule has 21 heavy (non-hydrogen) atoms. The number of hydrogen-bond donors (Lipinski definition) is 3. The lowest BCUT2D eigenvalue weighted by Crippen LogP contribution is -2.38. The van der Waals surface area contributed by atoms with Gasteiger partial charge in [0.15, 0.2) is 0 Å². The molecule has 0 heterocycles. The van der Waals surface area contributed by atoms with Crippen molar-refractivity contribution in [3.63, 3.8) is 0 Å². The molecule has 6 nitrogen and oxygen atoms in total. The van der Waals surface area contributed by atoms with Crippen LogP contribution in [0.25, 0.3) is 0 Å². The molecular weight excluding hydrogens is 272 g/mol. The van der Waals surface area contributed by atoms with Crippen LogP contribution in [-0.2, 0) is 0 Å². The minimum atomic E-state index is -0.250. The number of carbonyl (C=O) groups excluding carboxylic acids is 1. The molecule has 0 atom stereocenters. The van der Waals surface area contributed by atoms with E-state index in [0.717, 1.165) is 12.8 Å². The van der Waals surface area contributed by atoms with E-state index < -0.39 is 0 Å². The van der Waals surface area contributed by atoms with Crippen molar-refractivity contribution >= 4 is 11.6 Å². The summed E-state index contributed by atoms with van der Waals surface area (Å²) in [6.45, 7) is 0. The van der Waals surface area contributed by atoms with E-state index in [1.807, 2.05) is 0 Å². The van der Waals surface area contributed by atoms with Crippen LogP contribution in [0.4, 0.5) is 5.69 Å². The molecule has 1 saturated carbocycles. The number of aliphatic hydroxyl groups excluding tert-OH is 1. The van der Waals surface area contributed by atoms with Gasteiger partial charge < -0.3 is 25.6 Å². The maximum Gasteiger partial charge on any atom is 0.253 e. The van der Waals surface area contributed by atoms with Crippen LogP contribution in [0.2, 0.25) is 0 Å². The highest BCUT2D eigenvalue weighted by molar-refractivity contribution is 6.01. The van der Waals surface area contributed by atoms with E-state index >= 15 is 0 Å². The van der Waals surface area contributed by atoms with Gasteiger partial charge in [0.2, 0.25) is 0 Å². The number of ether oxygens (including phenoxy) is 2. The van der Waals surface area contributed by atoms with Crippen LogP contribution in [-0.4, -0.2) is 37.4 Å². The molecule has 1 aromatic carbocycles. The Morgan fingerprint density at radius 2 is 1.90 bits per heavy atom. The van der Waals surface area contributed by atoms with Gasteiger partial charge in [-0.25, -0.2) is 0 Å². The number of nitrogens with two attached hydrogens (primary N) is 1. The van der Waals surface area contributed by atoms with Gasteiger partial charge in [-0.15, -0.1) is 0 Å². The smallest absolute Gasteiger partial charge is 0.253 e. The molecule has 0 radical (unpaired) electrons. The molecule has 1 aromatic rings. The Morgan fingerprint density at radius 3 is 2.48 bits per heavy atom. The highest BCUT2D eigenvalue weighted by atomic mass is 16.5. The van der Waals surface area contributed by atoms with Gasteiger partial charge in [0, 0.05) is 12.1 Å². The number of nitrogens with one attached hydrogen (secondary N) is 1. The first kappa shape index (κ1) is 15.4. The van der Waals surface area contributed by atoms with E-state index in [4.69, 9.17) is 15.2 Å². The van der Waals surface area contributed by atoms with Gasteiger partial charge in [-0.3, -0.25) is 4.79 Å². The van der Waals surface area contributed by atoms with Gasteiger partial charge in [-0.05, 0) is 31.7 Å². The Labute approximate surface area is 124 Å².